The van der Waals surface area contributed by atoms with Gasteiger partial charge >= 0.3 is 11.8 Å². The number of fused-ring (bicyclic) bond motifs is 1. The van der Waals surface area contributed by atoms with Crippen molar-refractivity contribution in [3.63, 3.8) is 0 Å². The van der Waals surface area contributed by atoms with Gasteiger partial charge in [0.2, 0.25) is 11.5 Å². The van der Waals surface area contributed by atoms with E-state index in [4.69, 9.17) is 18.6 Å². The van der Waals surface area contributed by atoms with Crippen LogP contribution in [0.3, 0.4) is 0 Å². The Balaban J connectivity index is 1.33. The number of likely N-dealkylation sites (tertiary alicyclic amines) is 1. The molecule has 1 aliphatic heterocycles. The summed E-state index contributed by atoms with van der Waals surface area (Å²) in [6.07, 6.45) is -0.283. The maximum absolute atomic E-state index is 13.7. The maximum atomic E-state index is 13.7. The molecule has 3 aromatic rings. The zero-order chi connectivity index (χ0) is 22.6. The lowest BCUT2D eigenvalue weighted by atomic mass is 9.83. The summed E-state index contributed by atoms with van der Waals surface area (Å²) in [5.41, 5.74) is 1.09. The average Bonchev–Trinajstić information content (AvgIpc) is 3.26. The van der Waals surface area contributed by atoms with E-state index in [9.17, 15) is 14.0 Å². The Morgan fingerprint density at radius 3 is 2.75 bits per heavy atom. The van der Waals surface area contributed by atoms with Gasteiger partial charge in [0.1, 0.15) is 17.5 Å². The van der Waals surface area contributed by atoms with Crippen LogP contribution in [0.1, 0.15) is 37.9 Å². The molecule has 2 aliphatic rings. The summed E-state index contributed by atoms with van der Waals surface area (Å²) in [4.78, 5) is 25.9. The third-order valence-corrected chi connectivity index (χ3v) is 5.28. The molecule has 3 heterocycles. The molecule has 12 heteroatoms. The number of hydrogen-bond acceptors (Lipinski definition) is 9. The number of ether oxygens (including phenoxy) is 2. The Morgan fingerprint density at radius 1 is 1.22 bits per heavy atom. The van der Waals surface area contributed by atoms with Crippen molar-refractivity contribution in [3.8, 4) is 17.4 Å². The number of hydrogen-bond donors (Lipinski definition) is 0. The number of amides is 1. The zero-order valence-corrected chi connectivity index (χ0v) is 17.6. The molecule has 0 unspecified atom stereocenters. The number of aromatic nitrogens is 4. The topological polar surface area (TPSA) is 126 Å². The fourth-order valence-electron chi connectivity index (χ4n) is 3.71. The van der Waals surface area contributed by atoms with Gasteiger partial charge in [-0.2, -0.15) is 0 Å². The van der Waals surface area contributed by atoms with Crippen molar-refractivity contribution in [2.75, 3.05) is 13.1 Å². The third-order valence-electron chi connectivity index (χ3n) is 5.28. The lowest BCUT2D eigenvalue weighted by molar-refractivity contribution is -0.0238. The lowest BCUT2D eigenvalue weighted by Crippen LogP contribution is -2.57. The van der Waals surface area contributed by atoms with E-state index in [0.29, 0.717) is 25.1 Å². The monoisotopic (exact) mass is 445 g/mol. The second-order valence-corrected chi connectivity index (χ2v) is 8.75. The van der Waals surface area contributed by atoms with Gasteiger partial charge in [-0.3, -0.25) is 4.52 Å². The molecule has 168 valence electrons. The van der Waals surface area contributed by atoms with Crippen LogP contribution in [-0.2, 0) is 11.2 Å². The van der Waals surface area contributed by atoms with E-state index in [2.05, 4.69) is 15.5 Å². The number of halogens is 1. The first-order chi connectivity index (χ1) is 15.2. The van der Waals surface area contributed by atoms with Crippen molar-refractivity contribution < 1.29 is 27.8 Å². The third kappa shape index (κ3) is 3.51. The normalized spacial score (nSPS) is 18.0. The van der Waals surface area contributed by atoms with Crippen molar-refractivity contribution in [1.82, 2.24) is 24.9 Å². The molecule has 1 amide bonds. The summed E-state index contributed by atoms with van der Waals surface area (Å²) in [6.45, 7) is 5.96. The van der Waals surface area contributed by atoms with Crippen LogP contribution < -0.4 is 10.5 Å². The SMILES string of the molecule is CC(C)(C)OC(=O)N1CC(Oc2nonc2-c2noc(=O)n2[C@H]2Cc3ccc(F)cc32)C1. The van der Waals surface area contributed by atoms with Crippen LogP contribution in [0.2, 0.25) is 0 Å². The average molecular weight is 445 g/mol. The molecule has 1 atom stereocenters. The standard InChI is InChI=1S/C20H20FN5O6/c1-20(2,3)30-18(27)25-8-12(9-25)29-17-15(22-32-24-17)16-23-31-19(28)26(16)14-6-10-4-5-11(21)7-13(10)14/h4-5,7,12,14H,6,8-9H2,1-3H3/t14-/m0/s1. The predicted octanol–water partition coefficient (Wildman–Crippen LogP) is 2.17. The number of carbonyl (C=O) groups excluding carboxylic acids is 1. The van der Waals surface area contributed by atoms with Crippen molar-refractivity contribution >= 4 is 6.09 Å². The highest BCUT2D eigenvalue weighted by molar-refractivity contribution is 5.69. The predicted molar refractivity (Wildman–Crippen MR) is 105 cm³/mol. The van der Waals surface area contributed by atoms with Gasteiger partial charge in [0.15, 0.2) is 0 Å². The van der Waals surface area contributed by atoms with Crippen LogP contribution in [0.5, 0.6) is 5.88 Å². The Kier molecular flexibility index (Phi) is 4.53. The van der Waals surface area contributed by atoms with Gasteiger partial charge in [-0.05, 0) is 60.8 Å². The smallest absolute Gasteiger partial charge is 0.442 e. The molecule has 1 saturated heterocycles. The van der Waals surface area contributed by atoms with Gasteiger partial charge in [-0.15, -0.1) is 0 Å². The Labute approximate surface area is 180 Å². The summed E-state index contributed by atoms with van der Waals surface area (Å²) >= 11 is 0. The first-order valence-electron chi connectivity index (χ1n) is 10.0. The van der Waals surface area contributed by atoms with Crippen LogP contribution in [0.15, 0.2) is 32.1 Å². The number of carbonyl (C=O) groups is 1. The molecule has 2 aromatic heterocycles. The number of nitrogens with zero attached hydrogens (tertiary/aromatic N) is 5. The van der Waals surface area contributed by atoms with Crippen molar-refractivity contribution in [1.29, 1.82) is 0 Å². The van der Waals surface area contributed by atoms with E-state index < -0.39 is 29.3 Å². The summed E-state index contributed by atoms with van der Waals surface area (Å²) in [5.74, 6) is -1.03. The van der Waals surface area contributed by atoms with Gasteiger partial charge in [0, 0.05) is 0 Å². The molecule has 0 N–H and O–H groups in total. The second-order valence-electron chi connectivity index (χ2n) is 8.75. The van der Waals surface area contributed by atoms with Crippen molar-refractivity contribution in [3.05, 3.63) is 45.7 Å². The van der Waals surface area contributed by atoms with Crippen LogP contribution >= 0.6 is 0 Å². The lowest BCUT2D eigenvalue weighted by Gasteiger charge is -2.38. The molecule has 1 aliphatic carbocycles. The maximum Gasteiger partial charge on any atom is 0.442 e. The minimum absolute atomic E-state index is 0.0136. The summed E-state index contributed by atoms with van der Waals surface area (Å²) in [5, 5.41) is 11.4. The first-order valence-corrected chi connectivity index (χ1v) is 10.0. The molecular weight excluding hydrogens is 425 g/mol. The fraction of sp³-hybridized carbons (Fsp3) is 0.450. The second kappa shape index (κ2) is 7.18. The number of benzene rings is 1. The van der Waals surface area contributed by atoms with E-state index in [1.54, 1.807) is 26.8 Å². The van der Waals surface area contributed by atoms with Gasteiger partial charge < -0.3 is 14.4 Å². The van der Waals surface area contributed by atoms with Gasteiger partial charge in [0.25, 0.3) is 5.88 Å². The fourth-order valence-corrected chi connectivity index (χ4v) is 3.71. The summed E-state index contributed by atoms with van der Waals surface area (Å²) in [7, 11) is 0. The summed E-state index contributed by atoms with van der Waals surface area (Å²) in [6, 6.07) is 3.98. The zero-order valence-electron chi connectivity index (χ0n) is 17.6. The van der Waals surface area contributed by atoms with Gasteiger partial charge in [-0.1, -0.05) is 11.2 Å². The molecule has 11 nitrogen and oxygen atoms in total. The Bertz CT molecular complexity index is 1240. The highest BCUT2D eigenvalue weighted by atomic mass is 19.1. The van der Waals surface area contributed by atoms with Crippen molar-refractivity contribution in [2.45, 2.75) is 44.9 Å². The van der Waals surface area contributed by atoms with Crippen LogP contribution in [0, 0.1) is 5.82 Å². The highest BCUT2D eigenvalue weighted by Crippen LogP contribution is 2.39. The first kappa shape index (κ1) is 20.2. The minimum Gasteiger partial charge on any atom is -0.467 e. The van der Waals surface area contributed by atoms with E-state index in [1.807, 2.05) is 0 Å². The molecule has 1 fully saturated rings. The van der Waals surface area contributed by atoms with Crippen LogP contribution in [-0.4, -0.2) is 55.8 Å². The van der Waals surface area contributed by atoms with E-state index >= 15 is 0 Å². The molecule has 0 spiro atoms. The molecule has 1 aromatic carbocycles. The summed E-state index contributed by atoms with van der Waals surface area (Å²) < 4.78 is 35.7. The largest absolute Gasteiger partial charge is 0.467 e. The van der Waals surface area contributed by atoms with E-state index in [-0.39, 0.29) is 23.5 Å². The molecule has 32 heavy (non-hydrogen) atoms. The van der Waals surface area contributed by atoms with Gasteiger partial charge in [0.05, 0.1) is 19.1 Å². The van der Waals surface area contributed by atoms with E-state index in [1.165, 1.54) is 21.6 Å². The molecule has 0 saturated carbocycles. The molecule has 0 bridgehead atoms. The minimum atomic E-state index is -0.714. The molecule has 0 radical (unpaired) electrons. The Morgan fingerprint density at radius 2 is 2.00 bits per heavy atom. The quantitative estimate of drug-likeness (QED) is 0.594. The van der Waals surface area contributed by atoms with Crippen molar-refractivity contribution in [2.24, 2.45) is 0 Å². The highest BCUT2D eigenvalue weighted by Gasteiger charge is 2.38. The number of rotatable bonds is 4. The Hall–Kier alpha value is -3.70. The van der Waals surface area contributed by atoms with Crippen LogP contribution in [0.4, 0.5) is 9.18 Å². The van der Waals surface area contributed by atoms with Gasteiger partial charge in [-0.25, -0.2) is 23.2 Å². The van der Waals surface area contributed by atoms with Crippen LogP contribution in [0.25, 0.3) is 11.5 Å². The molecule has 5 rings (SSSR count). The van der Waals surface area contributed by atoms with E-state index in [0.717, 1.165) is 5.56 Å². The molecular formula is C20H20FN5O6.